The largest absolute Gasteiger partial charge is 0.298 e. The predicted octanol–water partition coefficient (Wildman–Crippen LogP) is 2.96. The molecule has 0 amide bonds. The highest BCUT2D eigenvalue weighted by Gasteiger charge is 2.41. The molecule has 4 heteroatoms. The average Bonchev–Trinajstić information content (AvgIpc) is 2.98. The fourth-order valence-electron chi connectivity index (χ4n) is 4.41. The third kappa shape index (κ3) is 3.65. The Bertz CT molecular complexity index is 645. The van der Waals surface area contributed by atoms with Crippen LogP contribution in [0.2, 0.25) is 0 Å². The maximum Gasteiger partial charge on any atom is 0.0543 e. The van der Waals surface area contributed by atoms with Gasteiger partial charge in [-0.05, 0) is 67.6 Å². The lowest BCUT2D eigenvalue weighted by Gasteiger charge is -2.40. The van der Waals surface area contributed by atoms with E-state index in [2.05, 4.69) is 44.0 Å². The van der Waals surface area contributed by atoms with E-state index in [-0.39, 0.29) is 0 Å². The minimum absolute atomic E-state index is 0.486. The zero-order valence-electron chi connectivity index (χ0n) is 14.3. The Balaban J connectivity index is 1.37. The summed E-state index contributed by atoms with van der Waals surface area (Å²) in [5.41, 5.74) is 3.06. The van der Waals surface area contributed by atoms with Crippen LogP contribution in [0.4, 0.5) is 0 Å². The molecule has 0 aliphatic carbocycles. The van der Waals surface area contributed by atoms with E-state index < -0.39 is 0 Å². The number of nitrogens with zero attached hydrogens (tertiary/aromatic N) is 4. The molecular weight excluding hydrogens is 296 g/mol. The lowest BCUT2D eigenvalue weighted by Crippen LogP contribution is -2.44. The summed E-state index contributed by atoms with van der Waals surface area (Å²) in [6, 6.07) is 10.5. The molecule has 2 aromatic heterocycles. The monoisotopic (exact) mass is 322 g/mol. The molecule has 0 unspecified atom stereocenters. The predicted molar refractivity (Wildman–Crippen MR) is 95.3 cm³/mol. The highest BCUT2D eigenvalue weighted by Crippen LogP contribution is 2.39. The van der Waals surface area contributed by atoms with Gasteiger partial charge in [0.25, 0.3) is 0 Å². The molecule has 0 aromatic carbocycles. The van der Waals surface area contributed by atoms with Crippen LogP contribution in [-0.2, 0) is 13.1 Å². The molecule has 2 aliphatic rings. The van der Waals surface area contributed by atoms with Crippen LogP contribution in [0.15, 0.2) is 48.9 Å². The van der Waals surface area contributed by atoms with Gasteiger partial charge in [-0.15, -0.1) is 0 Å². The Morgan fingerprint density at radius 3 is 2.50 bits per heavy atom. The van der Waals surface area contributed by atoms with Crippen LogP contribution < -0.4 is 0 Å². The summed E-state index contributed by atoms with van der Waals surface area (Å²) in [7, 11) is 0. The fraction of sp³-hybridized carbons (Fsp3) is 0.500. The van der Waals surface area contributed by atoms with E-state index >= 15 is 0 Å². The van der Waals surface area contributed by atoms with Crippen molar-refractivity contribution in [2.75, 3.05) is 26.2 Å². The standard InChI is InChI=1S/C20H26N4/c1-2-9-22-19(4-1)15-23-12-3-7-20(16-23)8-13-24(17-20)14-18-5-10-21-11-6-18/h1-2,4-6,9-11H,3,7-8,12-17H2/t20-/m1/s1. The molecular formula is C20H26N4. The first-order valence-electron chi connectivity index (χ1n) is 9.05. The van der Waals surface area contributed by atoms with Crippen molar-refractivity contribution in [3.05, 3.63) is 60.2 Å². The van der Waals surface area contributed by atoms with Gasteiger partial charge in [0, 0.05) is 44.8 Å². The second kappa shape index (κ2) is 6.99. The summed E-state index contributed by atoms with van der Waals surface area (Å²) in [5.74, 6) is 0. The number of rotatable bonds is 4. The number of hydrogen-bond donors (Lipinski definition) is 0. The van der Waals surface area contributed by atoms with E-state index in [4.69, 9.17) is 0 Å². The van der Waals surface area contributed by atoms with Crippen molar-refractivity contribution in [3.8, 4) is 0 Å². The van der Waals surface area contributed by atoms with Gasteiger partial charge in [0.2, 0.25) is 0 Å². The summed E-state index contributed by atoms with van der Waals surface area (Å²) in [6.07, 6.45) is 9.72. The lowest BCUT2D eigenvalue weighted by molar-refractivity contribution is 0.0857. The molecule has 2 saturated heterocycles. The van der Waals surface area contributed by atoms with Crippen molar-refractivity contribution in [3.63, 3.8) is 0 Å². The maximum atomic E-state index is 4.50. The van der Waals surface area contributed by atoms with Gasteiger partial charge >= 0.3 is 0 Å². The first kappa shape index (κ1) is 15.7. The first-order chi connectivity index (χ1) is 11.8. The molecule has 0 radical (unpaired) electrons. The van der Waals surface area contributed by atoms with E-state index in [0.29, 0.717) is 5.41 Å². The van der Waals surface area contributed by atoms with E-state index in [1.165, 1.54) is 56.7 Å². The summed E-state index contributed by atoms with van der Waals surface area (Å²) in [6.45, 7) is 6.93. The van der Waals surface area contributed by atoms with Crippen LogP contribution in [0, 0.1) is 5.41 Å². The Kier molecular flexibility index (Phi) is 4.58. The van der Waals surface area contributed by atoms with Crippen LogP contribution in [-0.4, -0.2) is 45.9 Å². The SMILES string of the molecule is c1ccc(CN2CCC[C@@]3(CCN(Cc4ccncc4)C3)C2)nc1. The molecule has 2 aromatic rings. The van der Waals surface area contributed by atoms with Gasteiger partial charge in [-0.25, -0.2) is 0 Å². The van der Waals surface area contributed by atoms with Gasteiger partial charge in [0.1, 0.15) is 0 Å². The highest BCUT2D eigenvalue weighted by molar-refractivity contribution is 5.10. The zero-order valence-corrected chi connectivity index (χ0v) is 14.3. The number of pyridine rings is 2. The Hall–Kier alpha value is -1.78. The molecule has 0 N–H and O–H groups in total. The molecule has 0 saturated carbocycles. The van der Waals surface area contributed by atoms with Crippen LogP contribution in [0.1, 0.15) is 30.5 Å². The quantitative estimate of drug-likeness (QED) is 0.866. The Morgan fingerprint density at radius 2 is 1.71 bits per heavy atom. The van der Waals surface area contributed by atoms with Gasteiger partial charge in [0.15, 0.2) is 0 Å². The van der Waals surface area contributed by atoms with Crippen molar-refractivity contribution in [1.29, 1.82) is 0 Å². The van der Waals surface area contributed by atoms with Gasteiger partial charge in [0.05, 0.1) is 5.69 Å². The fourth-order valence-corrected chi connectivity index (χ4v) is 4.41. The van der Waals surface area contributed by atoms with Crippen molar-refractivity contribution in [2.24, 2.45) is 5.41 Å². The van der Waals surface area contributed by atoms with Gasteiger partial charge in [-0.1, -0.05) is 6.07 Å². The molecule has 1 spiro atoms. The number of aromatic nitrogens is 2. The minimum atomic E-state index is 0.486. The van der Waals surface area contributed by atoms with Crippen molar-refractivity contribution in [2.45, 2.75) is 32.4 Å². The van der Waals surface area contributed by atoms with Crippen molar-refractivity contribution < 1.29 is 0 Å². The second-order valence-corrected chi connectivity index (χ2v) is 7.45. The van der Waals surface area contributed by atoms with Crippen LogP contribution in [0.25, 0.3) is 0 Å². The first-order valence-corrected chi connectivity index (χ1v) is 9.05. The molecule has 1 atom stereocenters. The summed E-state index contributed by atoms with van der Waals surface area (Å²) < 4.78 is 0. The van der Waals surface area contributed by atoms with Gasteiger partial charge in [-0.3, -0.25) is 19.8 Å². The van der Waals surface area contributed by atoms with E-state index in [1.807, 2.05) is 24.7 Å². The maximum absolute atomic E-state index is 4.50. The third-order valence-corrected chi connectivity index (χ3v) is 5.53. The van der Waals surface area contributed by atoms with Crippen LogP contribution in [0.3, 0.4) is 0 Å². The molecule has 4 nitrogen and oxygen atoms in total. The summed E-state index contributed by atoms with van der Waals surface area (Å²) >= 11 is 0. The number of likely N-dealkylation sites (tertiary alicyclic amines) is 2. The molecule has 4 rings (SSSR count). The summed E-state index contributed by atoms with van der Waals surface area (Å²) in [4.78, 5) is 13.9. The molecule has 24 heavy (non-hydrogen) atoms. The van der Waals surface area contributed by atoms with E-state index in [1.54, 1.807) is 0 Å². The minimum Gasteiger partial charge on any atom is -0.298 e. The third-order valence-electron chi connectivity index (χ3n) is 5.53. The van der Waals surface area contributed by atoms with Crippen LogP contribution >= 0.6 is 0 Å². The number of piperidine rings is 1. The molecule has 126 valence electrons. The topological polar surface area (TPSA) is 32.3 Å². The normalized spacial score (nSPS) is 25.3. The van der Waals surface area contributed by atoms with Crippen LogP contribution in [0.5, 0.6) is 0 Å². The highest BCUT2D eigenvalue weighted by atomic mass is 15.2. The summed E-state index contributed by atoms with van der Waals surface area (Å²) in [5, 5.41) is 0. The smallest absolute Gasteiger partial charge is 0.0543 e. The lowest BCUT2D eigenvalue weighted by atomic mass is 9.79. The molecule has 2 aliphatic heterocycles. The molecule has 4 heterocycles. The van der Waals surface area contributed by atoms with E-state index in [0.717, 1.165) is 13.1 Å². The number of hydrogen-bond acceptors (Lipinski definition) is 4. The van der Waals surface area contributed by atoms with Gasteiger partial charge < -0.3 is 0 Å². The van der Waals surface area contributed by atoms with Gasteiger partial charge in [-0.2, -0.15) is 0 Å². The zero-order chi connectivity index (χ0) is 16.2. The Labute approximate surface area is 144 Å². The molecule has 0 bridgehead atoms. The van der Waals surface area contributed by atoms with Crippen molar-refractivity contribution in [1.82, 2.24) is 19.8 Å². The van der Waals surface area contributed by atoms with E-state index in [9.17, 15) is 0 Å². The second-order valence-electron chi connectivity index (χ2n) is 7.45. The van der Waals surface area contributed by atoms with Crippen molar-refractivity contribution >= 4 is 0 Å². The Morgan fingerprint density at radius 1 is 0.875 bits per heavy atom. The average molecular weight is 322 g/mol. The molecule has 2 fully saturated rings.